The summed E-state index contributed by atoms with van der Waals surface area (Å²) in [5.74, 6) is 0.682. The van der Waals surface area contributed by atoms with Crippen molar-refractivity contribution in [3.63, 3.8) is 0 Å². The number of hydrogen-bond acceptors (Lipinski definition) is 2. The number of nitrogens with one attached hydrogen (secondary N) is 1. The van der Waals surface area contributed by atoms with Crippen LogP contribution in [0.4, 0.5) is 0 Å². The molecule has 3 atom stereocenters. The van der Waals surface area contributed by atoms with E-state index in [9.17, 15) is 0 Å². The summed E-state index contributed by atoms with van der Waals surface area (Å²) < 4.78 is 0. The van der Waals surface area contributed by atoms with Crippen molar-refractivity contribution in [3.8, 4) is 0 Å². The normalized spacial score (nSPS) is 28.3. The molecule has 1 heterocycles. The highest BCUT2D eigenvalue weighted by Gasteiger charge is 2.34. The van der Waals surface area contributed by atoms with Crippen molar-refractivity contribution in [3.05, 3.63) is 42.5 Å². The van der Waals surface area contributed by atoms with Gasteiger partial charge in [0.15, 0.2) is 0 Å². The van der Waals surface area contributed by atoms with E-state index >= 15 is 0 Å². The maximum atomic E-state index is 3.75. The van der Waals surface area contributed by atoms with E-state index < -0.39 is 0 Å². The second kappa shape index (κ2) is 6.44. The maximum Gasteiger partial charge on any atom is 0.0269 e. The fourth-order valence-corrected chi connectivity index (χ4v) is 4.11. The van der Waals surface area contributed by atoms with Crippen LogP contribution in [0.15, 0.2) is 47.4 Å². The first-order chi connectivity index (χ1) is 8.70. The molecular weight excluding hydrogens is 238 g/mol. The van der Waals surface area contributed by atoms with Crippen molar-refractivity contribution in [2.45, 2.75) is 49.4 Å². The zero-order chi connectivity index (χ0) is 13.0. The molecule has 0 aromatic heterocycles. The van der Waals surface area contributed by atoms with Gasteiger partial charge in [-0.2, -0.15) is 0 Å². The SMILES string of the molecule is C/C=C/[C@H]1CC(Sc2ccccc2)[C@@H](C(C)C)N1. The minimum absolute atomic E-state index is 0.545. The summed E-state index contributed by atoms with van der Waals surface area (Å²) in [7, 11) is 0. The number of hydrogen-bond donors (Lipinski definition) is 1. The summed E-state index contributed by atoms with van der Waals surface area (Å²) >= 11 is 2.02. The molecule has 0 saturated carbocycles. The average Bonchev–Trinajstić information content (AvgIpc) is 2.74. The highest BCUT2D eigenvalue weighted by Crippen LogP contribution is 2.35. The third-order valence-corrected chi connectivity index (χ3v) is 4.80. The summed E-state index contributed by atoms with van der Waals surface area (Å²) in [6, 6.07) is 11.9. The molecule has 1 unspecified atom stereocenters. The quantitative estimate of drug-likeness (QED) is 0.819. The first kappa shape index (κ1) is 13.7. The maximum absolute atomic E-state index is 3.75. The Labute approximate surface area is 115 Å². The van der Waals surface area contributed by atoms with Gasteiger partial charge in [0.05, 0.1) is 0 Å². The Morgan fingerprint density at radius 3 is 2.61 bits per heavy atom. The van der Waals surface area contributed by atoms with Gasteiger partial charge in [-0.1, -0.05) is 44.2 Å². The third-order valence-electron chi connectivity index (χ3n) is 3.47. The lowest BCUT2D eigenvalue weighted by molar-refractivity contribution is 0.448. The lowest BCUT2D eigenvalue weighted by atomic mass is 10.0. The van der Waals surface area contributed by atoms with Crippen LogP contribution in [0.25, 0.3) is 0 Å². The van der Waals surface area contributed by atoms with E-state index in [0.29, 0.717) is 23.3 Å². The van der Waals surface area contributed by atoms with E-state index in [2.05, 4.69) is 68.6 Å². The Bertz CT molecular complexity index is 385. The lowest BCUT2D eigenvalue weighted by Gasteiger charge is -2.22. The Balaban J connectivity index is 2.05. The van der Waals surface area contributed by atoms with Gasteiger partial charge in [0.2, 0.25) is 0 Å². The molecule has 1 fully saturated rings. The van der Waals surface area contributed by atoms with E-state index in [1.54, 1.807) is 0 Å². The van der Waals surface area contributed by atoms with Crippen molar-refractivity contribution in [2.24, 2.45) is 5.92 Å². The van der Waals surface area contributed by atoms with Crippen molar-refractivity contribution < 1.29 is 0 Å². The van der Waals surface area contributed by atoms with Crippen LogP contribution in [0.3, 0.4) is 0 Å². The van der Waals surface area contributed by atoms with E-state index in [1.165, 1.54) is 11.3 Å². The first-order valence-electron chi connectivity index (χ1n) is 6.81. The largest absolute Gasteiger partial charge is 0.306 e. The molecule has 0 spiro atoms. The second-order valence-corrected chi connectivity index (χ2v) is 6.59. The standard InChI is InChI=1S/C16H23NS/c1-4-8-13-11-15(16(17-13)12(2)3)18-14-9-6-5-7-10-14/h4-10,12-13,15-17H,11H2,1-3H3/b8-4+/t13-,15?,16+/m0/s1. The minimum Gasteiger partial charge on any atom is -0.306 e. The molecule has 2 heteroatoms. The lowest BCUT2D eigenvalue weighted by Crippen LogP contribution is -2.36. The van der Waals surface area contributed by atoms with Crippen LogP contribution in [-0.4, -0.2) is 17.3 Å². The van der Waals surface area contributed by atoms with E-state index in [-0.39, 0.29) is 0 Å². The van der Waals surface area contributed by atoms with E-state index in [4.69, 9.17) is 0 Å². The summed E-state index contributed by atoms with van der Waals surface area (Å²) in [4.78, 5) is 1.39. The molecule has 0 radical (unpaired) electrons. The summed E-state index contributed by atoms with van der Waals surface area (Å²) in [5.41, 5.74) is 0. The van der Waals surface area contributed by atoms with E-state index in [0.717, 1.165) is 0 Å². The van der Waals surface area contributed by atoms with Crippen LogP contribution < -0.4 is 5.32 Å². The van der Waals surface area contributed by atoms with Gasteiger partial charge in [0, 0.05) is 22.2 Å². The predicted octanol–water partition coefficient (Wildman–Crippen LogP) is 4.11. The molecule has 0 aliphatic carbocycles. The first-order valence-corrected chi connectivity index (χ1v) is 7.69. The third kappa shape index (κ3) is 3.39. The Morgan fingerprint density at radius 1 is 1.28 bits per heavy atom. The zero-order valence-electron chi connectivity index (χ0n) is 11.5. The average molecular weight is 261 g/mol. The van der Waals surface area contributed by atoms with Crippen molar-refractivity contribution in [2.75, 3.05) is 0 Å². The number of allylic oxidation sites excluding steroid dienone is 1. The zero-order valence-corrected chi connectivity index (χ0v) is 12.3. The number of thioether (sulfide) groups is 1. The molecule has 1 nitrogen and oxygen atoms in total. The molecule has 1 N–H and O–H groups in total. The molecule has 98 valence electrons. The molecule has 2 rings (SSSR count). The predicted molar refractivity (Wildman–Crippen MR) is 81.1 cm³/mol. The van der Waals surface area contributed by atoms with Gasteiger partial charge in [-0.15, -0.1) is 11.8 Å². The molecule has 0 amide bonds. The van der Waals surface area contributed by atoms with Crippen LogP contribution in [0.5, 0.6) is 0 Å². The van der Waals surface area contributed by atoms with Gasteiger partial charge in [-0.25, -0.2) is 0 Å². The Morgan fingerprint density at radius 2 is 2.00 bits per heavy atom. The van der Waals surface area contributed by atoms with Gasteiger partial charge in [0.1, 0.15) is 0 Å². The monoisotopic (exact) mass is 261 g/mol. The highest BCUT2D eigenvalue weighted by atomic mass is 32.2. The molecule has 1 saturated heterocycles. The van der Waals surface area contributed by atoms with Crippen LogP contribution in [0, 0.1) is 5.92 Å². The van der Waals surface area contributed by atoms with Gasteiger partial charge >= 0.3 is 0 Å². The second-order valence-electron chi connectivity index (χ2n) is 5.27. The molecule has 1 aliphatic heterocycles. The Kier molecular flexibility index (Phi) is 4.90. The highest BCUT2D eigenvalue weighted by molar-refractivity contribution is 8.00. The molecule has 1 aliphatic rings. The van der Waals surface area contributed by atoms with Crippen molar-refractivity contribution >= 4 is 11.8 Å². The summed E-state index contributed by atoms with van der Waals surface area (Å²) in [5, 5.41) is 4.43. The van der Waals surface area contributed by atoms with Gasteiger partial charge in [-0.05, 0) is 31.4 Å². The smallest absolute Gasteiger partial charge is 0.0269 e. The van der Waals surface area contributed by atoms with Crippen molar-refractivity contribution in [1.29, 1.82) is 0 Å². The van der Waals surface area contributed by atoms with Crippen LogP contribution >= 0.6 is 11.8 Å². The Hall–Kier alpha value is -0.730. The van der Waals surface area contributed by atoms with E-state index in [1.807, 2.05) is 11.8 Å². The molecule has 1 aromatic rings. The number of rotatable bonds is 4. The molecule has 18 heavy (non-hydrogen) atoms. The van der Waals surface area contributed by atoms with Gasteiger partial charge < -0.3 is 5.32 Å². The summed E-state index contributed by atoms with van der Waals surface area (Å²) in [6.45, 7) is 6.73. The van der Waals surface area contributed by atoms with Crippen molar-refractivity contribution in [1.82, 2.24) is 5.32 Å². The number of benzene rings is 1. The fourth-order valence-electron chi connectivity index (χ4n) is 2.60. The van der Waals surface area contributed by atoms with Crippen LogP contribution in [-0.2, 0) is 0 Å². The molecule has 0 bridgehead atoms. The molecular formula is C16H23NS. The van der Waals surface area contributed by atoms with Gasteiger partial charge in [0.25, 0.3) is 0 Å². The van der Waals surface area contributed by atoms with Gasteiger partial charge in [-0.3, -0.25) is 0 Å². The fraction of sp³-hybridized carbons (Fsp3) is 0.500. The van der Waals surface area contributed by atoms with Crippen LogP contribution in [0.1, 0.15) is 27.2 Å². The molecule has 1 aromatic carbocycles. The minimum atomic E-state index is 0.545. The summed E-state index contributed by atoms with van der Waals surface area (Å²) in [6.07, 6.45) is 5.68. The topological polar surface area (TPSA) is 12.0 Å². The van der Waals surface area contributed by atoms with Crippen LogP contribution in [0.2, 0.25) is 0 Å².